The summed E-state index contributed by atoms with van der Waals surface area (Å²) in [5, 5.41) is 1.22. The lowest BCUT2D eigenvalue weighted by Crippen LogP contribution is -2.32. The summed E-state index contributed by atoms with van der Waals surface area (Å²) in [5.41, 5.74) is 0.679. The number of imide groups is 1. The first-order valence-corrected chi connectivity index (χ1v) is 11.0. The highest BCUT2D eigenvalue weighted by molar-refractivity contribution is 8.18. The molecule has 3 aromatic rings. The van der Waals surface area contributed by atoms with Crippen LogP contribution in [0.25, 0.3) is 17.4 Å². The fourth-order valence-corrected chi connectivity index (χ4v) is 4.34. The van der Waals surface area contributed by atoms with Gasteiger partial charge in [0.2, 0.25) is 0 Å². The number of furan rings is 1. The predicted molar refractivity (Wildman–Crippen MR) is 124 cm³/mol. The zero-order valence-electron chi connectivity index (χ0n) is 15.8. The van der Waals surface area contributed by atoms with E-state index in [4.69, 9.17) is 44.0 Å². The molecule has 1 aliphatic heterocycles. The summed E-state index contributed by atoms with van der Waals surface area (Å²) in [7, 11) is 0. The normalized spacial score (nSPS) is 15.2. The molecule has 9 heteroatoms. The number of rotatable bonds is 6. The molecule has 1 aliphatic rings. The maximum atomic E-state index is 12.6. The van der Waals surface area contributed by atoms with Crippen LogP contribution in [0.5, 0.6) is 5.75 Å². The van der Waals surface area contributed by atoms with Gasteiger partial charge in [-0.15, -0.1) is 0 Å². The second-order valence-corrected chi connectivity index (χ2v) is 8.74. The summed E-state index contributed by atoms with van der Waals surface area (Å²) in [5.74, 6) is 1.18. The quantitative estimate of drug-likeness (QED) is 0.345. The topological polar surface area (TPSA) is 59.8 Å². The number of nitrogens with zero attached hydrogens (tertiary/aromatic N) is 1. The van der Waals surface area contributed by atoms with Crippen LogP contribution in [0.1, 0.15) is 5.76 Å². The fraction of sp³-hybridized carbons (Fsp3) is 0.0909. The minimum atomic E-state index is -0.391. The monoisotopic (exact) mass is 493 g/mol. The van der Waals surface area contributed by atoms with Crippen molar-refractivity contribution in [1.82, 2.24) is 4.90 Å². The van der Waals surface area contributed by atoms with Gasteiger partial charge in [0.1, 0.15) is 23.9 Å². The number of carbonyl (C=O) groups excluding carboxylic acids is 2. The van der Waals surface area contributed by atoms with Gasteiger partial charge < -0.3 is 9.15 Å². The summed E-state index contributed by atoms with van der Waals surface area (Å²) in [6, 6.07) is 15.4. The third-order valence-electron chi connectivity index (χ3n) is 4.37. The van der Waals surface area contributed by atoms with Gasteiger partial charge in [0.25, 0.3) is 11.1 Å². The van der Waals surface area contributed by atoms with Gasteiger partial charge in [-0.2, -0.15) is 0 Å². The largest absolute Gasteiger partial charge is 0.492 e. The summed E-state index contributed by atoms with van der Waals surface area (Å²) >= 11 is 18.8. The van der Waals surface area contributed by atoms with E-state index in [0.29, 0.717) is 37.9 Å². The van der Waals surface area contributed by atoms with E-state index in [-0.39, 0.29) is 23.3 Å². The number of benzene rings is 2. The van der Waals surface area contributed by atoms with Crippen LogP contribution in [0.2, 0.25) is 15.1 Å². The maximum absolute atomic E-state index is 12.6. The average molecular weight is 495 g/mol. The van der Waals surface area contributed by atoms with Gasteiger partial charge in [-0.25, -0.2) is 0 Å². The Balaban J connectivity index is 1.42. The number of thioether (sulfide) groups is 1. The third kappa shape index (κ3) is 5.10. The number of carbonyl (C=O) groups is 2. The van der Waals surface area contributed by atoms with Crippen molar-refractivity contribution in [1.29, 1.82) is 0 Å². The summed E-state index contributed by atoms with van der Waals surface area (Å²) in [4.78, 5) is 26.3. The molecule has 0 spiro atoms. The van der Waals surface area contributed by atoms with E-state index in [2.05, 4.69) is 0 Å². The Bertz CT molecular complexity index is 1170. The highest BCUT2D eigenvalue weighted by Crippen LogP contribution is 2.35. The maximum Gasteiger partial charge on any atom is 0.293 e. The van der Waals surface area contributed by atoms with Crippen molar-refractivity contribution < 1.29 is 18.7 Å². The highest BCUT2D eigenvalue weighted by atomic mass is 35.5. The summed E-state index contributed by atoms with van der Waals surface area (Å²) in [6.45, 7) is 0.307. The Hall–Kier alpha value is -2.38. The molecule has 2 heterocycles. The lowest BCUT2D eigenvalue weighted by atomic mass is 10.2. The predicted octanol–water partition coefficient (Wildman–Crippen LogP) is 7.02. The van der Waals surface area contributed by atoms with Crippen LogP contribution < -0.4 is 4.74 Å². The number of amides is 2. The second kappa shape index (κ2) is 9.40. The Morgan fingerprint density at radius 2 is 1.71 bits per heavy atom. The van der Waals surface area contributed by atoms with Crippen molar-refractivity contribution in [3.8, 4) is 17.1 Å². The molecule has 0 unspecified atom stereocenters. The van der Waals surface area contributed by atoms with Gasteiger partial charge in [-0.1, -0.05) is 34.8 Å². The van der Waals surface area contributed by atoms with Gasteiger partial charge >= 0.3 is 0 Å². The summed E-state index contributed by atoms with van der Waals surface area (Å²) in [6.07, 6.45) is 1.54. The Morgan fingerprint density at radius 1 is 0.968 bits per heavy atom. The minimum Gasteiger partial charge on any atom is -0.492 e. The van der Waals surface area contributed by atoms with Crippen molar-refractivity contribution in [2.75, 3.05) is 13.2 Å². The van der Waals surface area contributed by atoms with Crippen LogP contribution in [-0.4, -0.2) is 29.2 Å². The molecule has 5 nitrogen and oxygen atoms in total. The van der Waals surface area contributed by atoms with E-state index in [1.54, 1.807) is 54.6 Å². The molecule has 0 aliphatic carbocycles. The molecule has 0 saturated carbocycles. The van der Waals surface area contributed by atoms with Crippen molar-refractivity contribution in [3.63, 3.8) is 0 Å². The molecule has 1 saturated heterocycles. The molecular formula is C22H14Cl3NO4S. The van der Waals surface area contributed by atoms with Crippen molar-refractivity contribution in [2.24, 2.45) is 0 Å². The lowest BCUT2D eigenvalue weighted by Gasteiger charge is -2.13. The van der Waals surface area contributed by atoms with Crippen molar-refractivity contribution >= 4 is 63.8 Å². The zero-order chi connectivity index (χ0) is 22.0. The smallest absolute Gasteiger partial charge is 0.293 e. The van der Waals surface area contributed by atoms with Gasteiger partial charge in [-0.05, 0) is 66.4 Å². The molecule has 0 atom stereocenters. The minimum absolute atomic E-state index is 0.133. The Morgan fingerprint density at radius 3 is 2.45 bits per heavy atom. The molecular weight excluding hydrogens is 481 g/mol. The summed E-state index contributed by atoms with van der Waals surface area (Å²) < 4.78 is 11.4. The fourth-order valence-electron chi connectivity index (χ4n) is 2.87. The second-order valence-electron chi connectivity index (χ2n) is 6.46. The number of hydrogen-bond donors (Lipinski definition) is 0. The first kappa shape index (κ1) is 21.8. The molecule has 2 aromatic carbocycles. The molecule has 0 N–H and O–H groups in total. The molecule has 31 heavy (non-hydrogen) atoms. The SMILES string of the molecule is O=C1S/C(=C\c2ccc(-c3ccc(Cl)cc3Cl)o2)C(=O)N1CCOc1ccc(Cl)cc1. The van der Waals surface area contributed by atoms with E-state index in [1.165, 1.54) is 6.08 Å². The Labute approximate surface area is 197 Å². The first-order valence-electron chi connectivity index (χ1n) is 9.10. The molecule has 0 bridgehead atoms. The van der Waals surface area contributed by atoms with Crippen LogP contribution in [0.3, 0.4) is 0 Å². The Kier molecular flexibility index (Phi) is 6.62. The number of halogens is 3. The number of hydrogen-bond acceptors (Lipinski definition) is 5. The van der Waals surface area contributed by atoms with E-state index in [9.17, 15) is 9.59 Å². The van der Waals surface area contributed by atoms with Crippen LogP contribution in [0, 0.1) is 0 Å². The molecule has 158 valence electrons. The molecule has 0 radical (unpaired) electrons. The highest BCUT2D eigenvalue weighted by Gasteiger charge is 2.35. The van der Waals surface area contributed by atoms with Gasteiger partial charge in [0.15, 0.2) is 0 Å². The van der Waals surface area contributed by atoms with Crippen LogP contribution >= 0.6 is 46.6 Å². The lowest BCUT2D eigenvalue weighted by molar-refractivity contribution is -0.123. The van der Waals surface area contributed by atoms with E-state index < -0.39 is 5.91 Å². The van der Waals surface area contributed by atoms with Crippen LogP contribution in [0.15, 0.2) is 63.9 Å². The molecule has 4 rings (SSSR count). The first-order chi connectivity index (χ1) is 14.9. The van der Waals surface area contributed by atoms with Crippen molar-refractivity contribution in [2.45, 2.75) is 0 Å². The third-order valence-corrected chi connectivity index (χ3v) is 6.07. The van der Waals surface area contributed by atoms with Gasteiger partial charge in [-0.3, -0.25) is 14.5 Å². The van der Waals surface area contributed by atoms with E-state index in [1.807, 2.05) is 0 Å². The van der Waals surface area contributed by atoms with Crippen LogP contribution in [-0.2, 0) is 4.79 Å². The number of ether oxygens (including phenoxy) is 1. The zero-order valence-corrected chi connectivity index (χ0v) is 18.9. The molecule has 1 aromatic heterocycles. The van der Waals surface area contributed by atoms with E-state index in [0.717, 1.165) is 16.7 Å². The van der Waals surface area contributed by atoms with E-state index >= 15 is 0 Å². The molecule has 1 fully saturated rings. The van der Waals surface area contributed by atoms with Gasteiger partial charge in [0.05, 0.1) is 16.5 Å². The van der Waals surface area contributed by atoms with Crippen LogP contribution in [0.4, 0.5) is 4.79 Å². The standard InChI is InChI=1S/C22H14Cl3NO4S/c23-13-1-4-15(5-2-13)29-10-9-26-21(27)20(31-22(26)28)12-16-6-8-19(30-16)17-7-3-14(24)11-18(17)25/h1-8,11-12H,9-10H2/b20-12-. The van der Waals surface area contributed by atoms with Crippen molar-refractivity contribution in [3.05, 3.63) is 80.3 Å². The van der Waals surface area contributed by atoms with Gasteiger partial charge in [0, 0.05) is 21.7 Å². The molecule has 2 amide bonds. The average Bonchev–Trinajstić information content (AvgIpc) is 3.29.